The number of ketones is 1. The third-order valence-electron chi connectivity index (χ3n) is 3.09. The van der Waals surface area contributed by atoms with Gasteiger partial charge in [0.05, 0.1) is 6.10 Å². The first-order chi connectivity index (χ1) is 8.70. The maximum Gasteiger partial charge on any atom is 0.267 e. The van der Waals surface area contributed by atoms with Gasteiger partial charge in [-0.2, -0.15) is 0 Å². The first-order valence-corrected chi connectivity index (χ1v) is 6.32. The van der Waals surface area contributed by atoms with E-state index in [1.54, 1.807) is 19.2 Å². The van der Waals surface area contributed by atoms with Gasteiger partial charge in [-0.05, 0) is 18.9 Å². The second-order valence-electron chi connectivity index (χ2n) is 4.42. The molecule has 1 amide bonds. The summed E-state index contributed by atoms with van der Waals surface area (Å²) in [4.78, 5) is 26.1. The number of Topliss-reactive ketones (excluding diaryl/α,β-unsaturated/α-hetero) is 1. The fourth-order valence-corrected chi connectivity index (χ4v) is 2.00. The first-order valence-electron chi connectivity index (χ1n) is 6.32. The van der Waals surface area contributed by atoms with E-state index in [2.05, 4.69) is 10.3 Å². The number of nitrogens with one attached hydrogen (secondary N) is 2. The van der Waals surface area contributed by atoms with Gasteiger partial charge in [-0.1, -0.05) is 6.92 Å². The molecule has 5 nitrogen and oxygen atoms in total. The standard InChI is InChI=1S/C13H18N2O3/c1-2-12(16)9-6-11(14-7-9)13(17)15-8-10-4-3-5-18-10/h6-7,10,14H,2-5,8H2,1H3,(H,15,17)/t10-/m1/s1. The van der Waals surface area contributed by atoms with Crippen LogP contribution in [0.5, 0.6) is 0 Å². The number of hydrogen-bond acceptors (Lipinski definition) is 3. The minimum atomic E-state index is -0.194. The largest absolute Gasteiger partial charge is 0.376 e. The Morgan fingerprint density at radius 3 is 3.06 bits per heavy atom. The number of hydrogen-bond donors (Lipinski definition) is 2. The van der Waals surface area contributed by atoms with Crippen molar-refractivity contribution < 1.29 is 14.3 Å². The third-order valence-corrected chi connectivity index (χ3v) is 3.09. The monoisotopic (exact) mass is 250 g/mol. The summed E-state index contributed by atoms with van der Waals surface area (Å²) in [5.41, 5.74) is 0.976. The zero-order valence-corrected chi connectivity index (χ0v) is 10.5. The molecule has 18 heavy (non-hydrogen) atoms. The number of aromatic nitrogens is 1. The van der Waals surface area contributed by atoms with Crippen molar-refractivity contribution in [2.75, 3.05) is 13.2 Å². The molecule has 0 spiro atoms. The van der Waals surface area contributed by atoms with Crippen LogP contribution in [0.1, 0.15) is 47.0 Å². The highest BCUT2D eigenvalue weighted by atomic mass is 16.5. The molecule has 0 aliphatic carbocycles. The summed E-state index contributed by atoms with van der Waals surface area (Å²) in [6, 6.07) is 1.59. The molecule has 0 unspecified atom stereocenters. The summed E-state index contributed by atoms with van der Waals surface area (Å²) < 4.78 is 5.42. The van der Waals surface area contributed by atoms with Gasteiger partial charge >= 0.3 is 0 Å². The van der Waals surface area contributed by atoms with E-state index in [1.807, 2.05) is 0 Å². The quantitative estimate of drug-likeness (QED) is 0.778. The van der Waals surface area contributed by atoms with E-state index in [1.165, 1.54) is 0 Å². The molecule has 2 N–H and O–H groups in total. The Morgan fingerprint density at radius 2 is 2.39 bits per heavy atom. The van der Waals surface area contributed by atoms with Crippen molar-refractivity contribution in [1.29, 1.82) is 0 Å². The molecule has 1 atom stereocenters. The summed E-state index contributed by atoms with van der Waals surface area (Å²) in [6.07, 6.45) is 4.19. The van der Waals surface area contributed by atoms with Crippen molar-refractivity contribution in [3.05, 3.63) is 23.5 Å². The van der Waals surface area contributed by atoms with E-state index in [-0.39, 0.29) is 17.8 Å². The maximum absolute atomic E-state index is 11.8. The fraction of sp³-hybridized carbons (Fsp3) is 0.538. The van der Waals surface area contributed by atoms with Gasteiger partial charge in [-0.3, -0.25) is 9.59 Å². The minimum Gasteiger partial charge on any atom is -0.376 e. The van der Waals surface area contributed by atoms with Crippen LogP contribution in [-0.2, 0) is 4.74 Å². The lowest BCUT2D eigenvalue weighted by atomic mass is 10.2. The van der Waals surface area contributed by atoms with Crippen molar-refractivity contribution in [3.8, 4) is 0 Å². The van der Waals surface area contributed by atoms with E-state index >= 15 is 0 Å². The van der Waals surface area contributed by atoms with Crippen LogP contribution in [0.15, 0.2) is 12.3 Å². The summed E-state index contributed by atoms with van der Waals surface area (Å²) in [6.45, 7) is 3.10. The predicted octanol–water partition coefficient (Wildman–Crippen LogP) is 1.52. The number of ether oxygens (including phenoxy) is 1. The Labute approximate surface area is 106 Å². The number of carbonyl (C=O) groups excluding carboxylic acids is 2. The molecule has 0 radical (unpaired) electrons. The van der Waals surface area contributed by atoms with Crippen molar-refractivity contribution in [2.45, 2.75) is 32.3 Å². The highest BCUT2D eigenvalue weighted by molar-refractivity contribution is 6.00. The van der Waals surface area contributed by atoms with Gasteiger partial charge in [0.25, 0.3) is 5.91 Å². The zero-order chi connectivity index (χ0) is 13.0. The van der Waals surface area contributed by atoms with Gasteiger partial charge < -0.3 is 15.0 Å². The van der Waals surface area contributed by atoms with Crippen molar-refractivity contribution in [2.24, 2.45) is 0 Å². The molecule has 0 saturated carbocycles. The highest BCUT2D eigenvalue weighted by Gasteiger charge is 2.17. The van der Waals surface area contributed by atoms with Crippen LogP contribution < -0.4 is 5.32 Å². The summed E-state index contributed by atoms with van der Waals surface area (Å²) in [5, 5.41) is 2.80. The second-order valence-corrected chi connectivity index (χ2v) is 4.42. The molecule has 1 saturated heterocycles. The molecule has 1 aromatic heterocycles. The van der Waals surface area contributed by atoms with Crippen LogP contribution in [-0.4, -0.2) is 35.9 Å². The molecule has 1 aromatic rings. The topological polar surface area (TPSA) is 71.2 Å². The van der Waals surface area contributed by atoms with E-state index in [0.29, 0.717) is 24.2 Å². The molecule has 1 fully saturated rings. The molecule has 1 aliphatic heterocycles. The number of rotatable bonds is 5. The highest BCUT2D eigenvalue weighted by Crippen LogP contribution is 2.11. The Kier molecular flexibility index (Phi) is 4.15. The van der Waals surface area contributed by atoms with Crippen LogP contribution in [0.25, 0.3) is 0 Å². The smallest absolute Gasteiger partial charge is 0.267 e. The normalized spacial score (nSPS) is 18.8. The molecule has 0 aromatic carbocycles. The zero-order valence-electron chi connectivity index (χ0n) is 10.5. The Balaban J connectivity index is 1.88. The van der Waals surface area contributed by atoms with Gasteiger partial charge in [0.2, 0.25) is 0 Å². The van der Waals surface area contributed by atoms with Gasteiger partial charge in [-0.15, -0.1) is 0 Å². The molecule has 2 rings (SSSR count). The number of H-pyrrole nitrogens is 1. The van der Waals surface area contributed by atoms with E-state index < -0.39 is 0 Å². The van der Waals surface area contributed by atoms with Gasteiger partial charge in [0, 0.05) is 31.3 Å². The van der Waals surface area contributed by atoms with E-state index in [4.69, 9.17) is 4.74 Å². The third kappa shape index (κ3) is 2.98. The van der Waals surface area contributed by atoms with Gasteiger partial charge in [-0.25, -0.2) is 0 Å². The lowest BCUT2D eigenvalue weighted by Crippen LogP contribution is -2.31. The Bertz CT molecular complexity index is 433. The number of aromatic amines is 1. The average Bonchev–Trinajstić information content (AvgIpc) is 3.05. The Hall–Kier alpha value is -1.62. The predicted molar refractivity (Wildman–Crippen MR) is 66.7 cm³/mol. The van der Waals surface area contributed by atoms with E-state index in [9.17, 15) is 9.59 Å². The van der Waals surface area contributed by atoms with Crippen LogP contribution in [0.3, 0.4) is 0 Å². The van der Waals surface area contributed by atoms with Gasteiger partial charge in [0.15, 0.2) is 5.78 Å². The molecule has 1 aliphatic rings. The molecular formula is C13H18N2O3. The van der Waals surface area contributed by atoms with Crippen molar-refractivity contribution in [1.82, 2.24) is 10.3 Å². The summed E-state index contributed by atoms with van der Waals surface area (Å²) in [5.74, 6) is -0.162. The van der Waals surface area contributed by atoms with Crippen LogP contribution in [0.2, 0.25) is 0 Å². The van der Waals surface area contributed by atoms with Crippen molar-refractivity contribution in [3.63, 3.8) is 0 Å². The number of amides is 1. The first kappa shape index (κ1) is 12.8. The lowest BCUT2D eigenvalue weighted by molar-refractivity contribution is 0.0854. The molecule has 98 valence electrons. The summed E-state index contributed by atoms with van der Waals surface area (Å²) in [7, 11) is 0. The number of carbonyl (C=O) groups is 2. The molecular weight excluding hydrogens is 232 g/mol. The summed E-state index contributed by atoms with van der Waals surface area (Å²) >= 11 is 0. The SMILES string of the molecule is CCC(=O)c1c[nH]c(C(=O)NC[C@H]2CCCO2)c1. The average molecular weight is 250 g/mol. The van der Waals surface area contributed by atoms with Crippen molar-refractivity contribution >= 4 is 11.7 Å². The molecule has 2 heterocycles. The Morgan fingerprint density at radius 1 is 1.56 bits per heavy atom. The van der Waals surface area contributed by atoms with Crippen LogP contribution in [0, 0.1) is 0 Å². The molecule has 0 bridgehead atoms. The van der Waals surface area contributed by atoms with E-state index in [0.717, 1.165) is 19.4 Å². The van der Waals surface area contributed by atoms with Gasteiger partial charge in [0.1, 0.15) is 5.69 Å². The van der Waals surface area contributed by atoms with Crippen LogP contribution >= 0.6 is 0 Å². The lowest BCUT2D eigenvalue weighted by Gasteiger charge is -2.09. The van der Waals surface area contributed by atoms with Crippen LogP contribution in [0.4, 0.5) is 0 Å². The molecule has 5 heteroatoms. The maximum atomic E-state index is 11.8. The second kappa shape index (κ2) is 5.82. The fourth-order valence-electron chi connectivity index (χ4n) is 2.00. The minimum absolute atomic E-state index is 0.0319.